The Balaban J connectivity index is 1.06. The molecule has 5 heteroatoms. The highest BCUT2D eigenvalue weighted by Gasteiger charge is 2.40. The third kappa shape index (κ3) is 5.14. The molecule has 0 saturated carbocycles. The van der Waals surface area contributed by atoms with Crippen LogP contribution in [0.25, 0.3) is 10.8 Å². The van der Waals surface area contributed by atoms with Gasteiger partial charge in [0, 0.05) is 25.9 Å². The first-order valence-corrected chi connectivity index (χ1v) is 15.0. The highest BCUT2D eigenvalue weighted by atomic mass is 16.2. The summed E-state index contributed by atoms with van der Waals surface area (Å²) in [4.78, 5) is 30.4. The van der Waals surface area contributed by atoms with Crippen LogP contribution in [0.2, 0.25) is 0 Å². The third-order valence-corrected chi connectivity index (χ3v) is 9.01. The van der Waals surface area contributed by atoms with E-state index in [1.165, 1.54) is 5.56 Å². The molecule has 0 aromatic heterocycles. The Kier molecular flexibility index (Phi) is 6.51. The van der Waals surface area contributed by atoms with E-state index < -0.39 is 12.4 Å². The predicted octanol–water partition coefficient (Wildman–Crippen LogP) is 6.64. The van der Waals surface area contributed by atoms with Crippen molar-refractivity contribution >= 4 is 28.3 Å². The summed E-state index contributed by atoms with van der Waals surface area (Å²) in [5.41, 5.74) is 6.34. The van der Waals surface area contributed by atoms with Crippen LogP contribution in [-0.2, 0) is 24.1 Å². The fraction of sp³-hybridized carbons (Fsp3) is 0.297. The molecule has 2 fully saturated rings. The van der Waals surface area contributed by atoms with E-state index in [0.29, 0.717) is 30.5 Å². The standard InChI is InChI=1S/C37H37N3O2/c1-25-10-16-34(36(41)38-25)40-33-17-15-30(31-8-5-9-32(35(31)33)37(40)42)23-27-13-11-26(12-14-27)22-28-18-20-39(21-19-28)24-29-6-3-2-4-7-29/h2-9,11-15,17,28,34H,1,10,16,18-24H2,(H,38,41)/i22D2. The number of carbonyl (C=O) groups is 2. The molecule has 0 spiro atoms. The van der Waals surface area contributed by atoms with Gasteiger partial charge in [-0.3, -0.25) is 19.4 Å². The first kappa shape index (κ1) is 24.4. The minimum Gasteiger partial charge on any atom is -0.329 e. The summed E-state index contributed by atoms with van der Waals surface area (Å²) in [5, 5.41) is 4.73. The Bertz CT molecular complexity index is 1740. The summed E-state index contributed by atoms with van der Waals surface area (Å²) in [6, 6.07) is 27.8. The van der Waals surface area contributed by atoms with Gasteiger partial charge in [0.15, 0.2) is 0 Å². The van der Waals surface area contributed by atoms with Crippen molar-refractivity contribution in [3.05, 3.63) is 125 Å². The lowest BCUT2D eigenvalue weighted by Gasteiger charge is -2.32. The van der Waals surface area contributed by atoms with Gasteiger partial charge in [0.25, 0.3) is 5.91 Å². The van der Waals surface area contributed by atoms with E-state index in [1.54, 1.807) is 4.90 Å². The Morgan fingerprint density at radius 2 is 1.60 bits per heavy atom. The number of allylic oxidation sites excluding steroid dienone is 1. The van der Waals surface area contributed by atoms with E-state index in [-0.39, 0.29) is 17.7 Å². The van der Waals surface area contributed by atoms with Gasteiger partial charge in [-0.05, 0) is 97.3 Å². The van der Waals surface area contributed by atoms with Crippen molar-refractivity contribution < 1.29 is 12.3 Å². The van der Waals surface area contributed by atoms with Crippen LogP contribution in [-0.4, -0.2) is 35.8 Å². The molecule has 3 heterocycles. The number of carbonyl (C=O) groups excluding carboxylic acids is 2. The van der Waals surface area contributed by atoms with Gasteiger partial charge < -0.3 is 5.32 Å². The summed E-state index contributed by atoms with van der Waals surface area (Å²) in [7, 11) is 0. The number of hydrogen-bond donors (Lipinski definition) is 1. The Morgan fingerprint density at radius 1 is 0.833 bits per heavy atom. The SMILES string of the molecule is [2H]C([2H])(c1ccc(Cc2ccc3c4c(cccc24)C(=O)N3C2CCC(=C)NC2=O)cc1)C1CCN(Cc2ccccc2)CC1. The maximum Gasteiger partial charge on any atom is 0.259 e. The smallest absolute Gasteiger partial charge is 0.259 e. The van der Waals surface area contributed by atoms with E-state index in [9.17, 15) is 9.59 Å². The molecule has 0 radical (unpaired) electrons. The van der Waals surface area contributed by atoms with Crippen molar-refractivity contribution in [1.82, 2.24) is 10.2 Å². The molecule has 4 aromatic rings. The normalized spacial score (nSPS) is 20.5. The lowest BCUT2D eigenvalue weighted by Crippen LogP contribution is -2.51. The predicted molar refractivity (Wildman–Crippen MR) is 168 cm³/mol. The summed E-state index contributed by atoms with van der Waals surface area (Å²) in [5.74, 6) is -0.327. The second kappa shape index (κ2) is 11.2. The second-order valence-electron chi connectivity index (χ2n) is 11.8. The monoisotopic (exact) mass is 557 g/mol. The lowest BCUT2D eigenvalue weighted by atomic mass is 9.89. The van der Waals surface area contributed by atoms with E-state index >= 15 is 0 Å². The fourth-order valence-corrected chi connectivity index (χ4v) is 6.79. The molecule has 3 aliphatic rings. The fourth-order valence-electron chi connectivity index (χ4n) is 6.79. The zero-order valence-electron chi connectivity index (χ0n) is 25.8. The lowest BCUT2D eigenvalue weighted by molar-refractivity contribution is -0.122. The number of nitrogens with zero attached hydrogens (tertiary/aromatic N) is 2. The summed E-state index contributed by atoms with van der Waals surface area (Å²) in [6.45, 7) is 6.60. The maximum absolute atomic E-state index is 13.5. The molecular formula is C37H37N3O2. The average molecular weight is 558 g/mol. The van der Waals surface area contributed by atoms with Crippen LogP contribution < -0.4 is 10.2 Å². The van der Waals surface area contributed by atoms with Crippen molar-refractivity contribution in [2.75, 3.05) is 18.0 Å². The van der Waals surface area contributed by atoms with Crippen LogP contribution in [0.3, 0.4) is 0 Å². The largest absolute Gasteiger partial charge is 0.329 e. The molecule has 5 nitrogen and oxygen atoms in total. The molecule has 212 valence electrons. The molecule has 0 bridgehead atoms. The van der Waals surface area contributed by atoms with Gasteiger partial charge in [-0.25, -0.2) is 0 Å². The number of piperidine rings is 2. The van der Waals surface area contributed by atoms with Crippen LogP contribution >= 0.6 is 0 Å². The van der Waals surface area contributed by atoms with E-state index in [0.717, 1.165) is 65.6 Å². The van der Waals surface area contributed by atoms with E-state index in [2.05, 4.69) is 47.1 Å². The Hall–Kier alpha value is -4.22. The number of benzene rings is 4. The summed E-state index contributed by atoms with van der Waals surface area (Å²) < 4.78 is 18.1. The molecule has 2 saturated heterocycles. The molecule has 0 aliphatic carbocycles. The van der Waals surface area contributed by atoms with Crippen molar-refractivity contribution in [3.8, 4) is 0 Å². The highest BCUT2D eigenvalue weighted by molar-refractivity contribution is 6.27. The van der Waals surface area contributed by atoms with Gasteiger partial charge in [-0.15, -0.1) is 0 Å². The highest BCUT2D eigenvalue weighted by Crippen LogP contribution is 2.41. The topological polar surface area (TPSA) is 52.7 Å². The second-order valence-corrected chi connectivity index (χ2v) is 11.8. The maximum atomic E-state index is 13.5. The van der Waals surface area contributed by atoms with Gasteiger partial charge in [-0.1, -0.05) is 79.4 Å². The number of anilines is 1. The number of amides is 2. The molecular weight excluding hydrogens is 518 g/mol. The van der Waals surface area contributed by atoms with Crippen molar-refractivity contribution in [2.45, 2.75) is 51.1 Å². The minimum absolute atomic E-state index is 0.0123. The molecule has 2 amide bonds. The van der Waals surface area contributed by atoms with Gasteiger partial charge in [0.2, 0.25) is 5.91 Å². The number of rotatable bonds is 7. The molecule has 42 heavy (non-hydrogen) atoms. The average Bonchev–Trinajstić information content (AvgIpc) is 3.32. The van der Waals surface area contributed by atoms with E-state index in [4.69, 9.17) is 2.74 Å². The van der Waals surface area contributed by atoms with Crippen LogP contribution in [0, 0.1) is 5.92 Å². The van der Waals surface area contributed by atoms with Crippen LogP contribution in [0.1, 0.15) is 61.0 Å². The Morgan fingerprint density at radius 3 is 2.36 bits per heavy atom. The number of nitrogens with one attached hydrogen (secondary N) is 1. The number of likely N-dealkylation sites (tertiary alicyclic amines) is 1. The molecule has 3 aliphatic heterocycles. The quantitative estimate of drug-likeness (QED) is 0.277. The van der Waals surface area contributed by atoms with Crippen LogP contribution in [0.4, 0.5) is 5.69 Å². The molecule has 7 rings (SSSR count). The van der Waals surface area contributed by atoms with Crippen LogP contribution in [0.15, 0.2) is 97.2 Å². The van der Waals surface area contributed by atoms with Crippen molar-refractivity contribution in [2.24, 2.45) is 5.92 Å². The van der Waals surface area contributed by atoms with Gasteiger partial charge in [0.05, 0.1) is 5.69 Å². The minimum atomic E-state index is -1.39. The molecule has 4 aromatic carbocycles. The zero-order valence-corrected chi connectivity index (χ0v) is 23.8. The van der Waals surface area contributed by atoms with Gasteiger partial charge >= 0.3 is 0 Å². The van der Waals surface area contributed by atoms with Crippen molar-refractivity contribution in [3.63, 3.8) is 0 Å². The molecule has 1 unspecified atom stereocenters. The van der Waals surface area contributed by atoms with Crippen LogP contribution in [0.5, 0.6) is 0 Å². The Labute approximate surface area is 250 Å². The van der Waals surface area contributed by atoms with Gasteiger partial charge in [0.1, 0.15) is 6.04 Å². The summed E-state index contributed by atoms with van der Waals surface area (Å²) in [6.07, 6.45) is 2.17. The third-order valence-electron chi connectivity index (χ3n) is 9.01. The van der Waals surface area contributed by atoms with Crippen molar-refractivity contribution in [1.29, 1.82) is 0 Å². The van der Waals surface area contributed by atoms with Gasteiger partial charge in [-0.2, -0.15) is 0 Å². The number of hydrogen-bond acceptors (Lipinski definition) is 3. The molecule has 1 atom stereocenters. The first-order valence-electron chi connectivity index (χ1n) is 16.0. The van der Waals surface area contributed by atoms with E-state index in [1.807, 2.05) is 54.6 Å². The zero-order chi connectivity index (χ0) is 30.4. The molecule has 1 N–H and O–H groups in total. The first-order chi connectivity index (χ1) is 21.3. The summed E-state index contributed by atoms with van der Waals surface area (Å²) >= 11 is 0.